The molecule has 1 aliphatic rings. The number of fused-ring (bicyclic) bond motifs is 1. The van der Waals surface area contributed by atoms with E-state index < -0.39 is 0 Å². The van der Waals surface area contributed by atoms with E-state index in [1.807, 2.05) is 12.1 Å². The first-order chi connectivity index (χ1) is 9.45. The summed E-state index contributed by atoms with van der Waals surface area (Å²) >= 11 is 0. The molecule has 0 fully saturated rings. The number of nitrogens with zero attached hydrogens (tertiary/aromatic N) is 2. The van der Waals surface area contributed by atoms with Crippen molar-refractivity contribution in [1.29, 1.82) is 0 Å². The lowest BCUT2D eigenvalue weighted by Crippen LogP contribution is -2.24. The average molecular weight is 270 g/mol. The highest BCUT2D eigenvalue weighted by atomic mass is 15.4. The standard InChI is InChI=1S/C16H22N4/c1-16(2,3)14-10-15-18-8-7-13(20(15)19-14)11-5-4-6-12(17)9-11/h4-6,9-10,13,18H,7-8,17H2,1-3H3. The summed E-state index contributed by atoms with van der Waals surface area (Å²) in [5, 5.41) is 8.26. The van der Waals surface area contributed by atoms with Gasteiger partial charge in [0.1, 0.15) is 5.82 Å². The first-order valence-electron chi connectivity index (χ1n) is 7.14. The van der Waals surface area contributed by atoms with Gasteiger partial charge in [0.05, 0.1) is 11.7 Å². The first-order valence-corrected chi connectivity index (χ1v) is 7.14. The van der Waals surface area contributed by atoms with E-state index in [1.165, 1.54) is 5.56 Å². The van der Waals surface area contributed by atoms with E-state index in [2.05, 4.69) is 49.0 Å². The minimum Gasteiger partial charge on any atom is -0.399 e. The molecule has 0 radical (unpaired) electrons. The van der Waals surface area contributed by atoms with Crippen LogP contribution in [0.25, 0.3) is 0 Å². The Morgan fingerprint density at radius 3 is 2.80 bits per heavy atom. The van der Waals surface area contributed by atoms with Crippen molar-refractivity contribution in [1.82, 2.24) is 9.78 Å². The van der Waals surface area contributed by atoms with Gasteiger partial charge in [0, 0.05) is 23.7 Å². The molecule has 0 aliphatic carbocycles. The third-order valence-corrected chi connectivity index (χ3v) is 3.82. The summed E-state index contributed by atoms with van der Waals surface area (Å²) in [6, 6.07) is 10.6. The summed E-state index contributed by atoms with van der Waals surface area (Å²) in [5.74, 6) is 1.11. The van der Waals surface area contributed by atoms with E-state index in [0.717, 1.165) is 30.2 Å². The van der Waals surface area contributed by atoms with E-state index in [-0.39, 0.29) is 11.5 Å². The highest BCUT2D eigenvalue weighted by molar-refractivity contribution is 5.46. The van der Waals surface area contributed by atoms with Crippen molar-refractivity contribution in [3.05, 3.63) is 41.6 Å². The molecule has 2 aromatic rings. The van der Waals surface area contributed by atoms with E-state index in [9.17, 15) is 0 Å². The van der Waals surface area contributed by atoms with Crippen molar-refractivity contribution < 1.29 is 0 Å². The second-order valence-electron chi connectivity index (χ2n) is 6.51. The minimum atomic E-state index is 0.0618. The van der Waals surface area contributed by atoms with Gasteiger partial charge >= 0.3 is 0 Å². The lowest BCUT2D eigenvalue weighted by molar-refractivity contribution is 0.462. The average Bonchev–Trinajstić information content (AvgIpc) is 2.82. The van der Waals surface area contributed by atoms with Crippen LogP contribution in [0.4, 0.5) is 11.5 Å². The largest absolute Gasteiger partial charge is 0.399 e. The maximum Gasteiger partial charge on any atom is 0.125 e. The van der Waals surface area contributed by atoms with Crippen molar-refractivity contribution in [3.63, 3.8) is 0 Å². The van der Waals surface area contributed by atoms with Gasteiger partial charge in [-0.3, -0.25) is 0 Å². The predicted molar refractivity (Wildman–Crippen MR) is 83.0 cm³/mol. The fraction of sp³-hybridized carbons (Fsp3) is 0.438. The molecule has 1 atom stereocenters. The Morgan fingerprint density at radius 1 is 1.30 bits per heavy atom. The molecule has 0 spiro atoms. The third kappa shape index (κ3) is 2.26. The lowest BCUT2D eigenvalue weighted by Gasteiger charge is -2.26. The van der Waals surface area contributed by atoms with Crippen LogP contribution in [0.2, 0.25) is 0 Å². The second-order valence-corrected chi connectivity index (χ2v) is 6.51. The number of aromatic nitrogens is 2. The maximum absolute atomic E-state index is 5.91. The quantitative estimate of drug-likeness (QED) is 0.783. The Hall–Kier alpha value is -1.97. The summed E-state index contributed by atoms with van der Waals surface area (Å²) in [4.78, 5) is 0. The summed E-state index contributed by atoms with van der Waals surface area (Å²) in [5.41, 5.74) is 9.14. The molecule has 20 heavy (non-hydrogen) atoms. The molecular formula is C16H22N4. The van der Waals surface area contributed by atoms with Crippen LogP contribution in [-0.2, 0) is 5.41 Å². The van der Waals surface area contributed by atoms with Crippen LogP contribution < -0.4 is 11.1 Å². The van der Waals surface area contributed by atoms with Gasteiger partial charge < -0.3 is 11.1 Å². The zero-order valence-corrected chi connectivity index (χ0v) is 12.4. The number of hydrogen-bond acceptors (Lipinski definition) is 3. The number of hydrogen-bond donors (Lipinski definition) is 2. The predicted octanol–water partition coefficient (Wildman–Crippen LogP) is 3.17. The number of nitrogens with two attached hydrogens (primary N) is 1. The molecule has 2 heterocycles. The zero-order valence-electron chi connectivity index (χ0n) is 12.4. The molecule has 0 saturated heterocycles. The molecule has 4 heteroatoms. The van der Waals surface area contributed by atoms with Crippen LogP contribution in [0.5, 0.6) is 0 Å². The molecule has 1 aromatic carbocycles. The van der Waals surface area contributed by atoms with Gasteiger partial charge in [0.15, 0.2) is 0 Å². The van der Waals surface area contributed by atoms with Crippen LogP contribution in [0.3, 0.4) is 0 Å². The maximum atomic E-state index is 5.91. The van der Waals surface area contributed by atoms with E-state index in [1.54, 1.807) is 0 Å². The van der Waals surface area contributed by atoms with Crippen LogP contribution in [0.1, 0.15) is 44.5 Å². The molecule has 0 amide bonds. The number of rotatable bonds is 1. The van der Waals surface area contributed by atoms with E-state index in [4.69, 9.17) is 10.8 Å². The van der Waals surface area contributed by atoms with Gasteiger partial charge in [-0.15, -0.1) is 0 Å². The van der Waals surface area contributed by atoms with Gasteiger partial charge in [-0.05, 0) is 24.1 Å². The molecular weight excluding hydrogens is 248 g/mol. The summed E-state index contributed by atoms with van der Waals surface area (Å²) < 4.78 is 2.11. The summed E-state index contributed by atoms with van der Waals surface area (Å²) in [6.07, 6.45) is 1.03. The van der Waals surface area contributed by atoms with E-state index >= 15 is 0 Å². The van der Waals surface area contributed by atoms with Gasteiger partial charge in [-0.25, -0.2) is 4.68 Å². The summed E-state index contributed by atoms with van der Waals surface area (Å²) in [6.45, 7) is 7.54. The Kier molecular flexibility index (Phi) is 2.96. The van der Waals surface area contributed by atoms with Gasteiger partial charge in [-0.1, -0.05) is 32.9 Å². The fourth-order valence-corrected chi connectivity index (χ4v) is 2.66. The summed E-state index contributed by atoms with van der Waals surface area (Å²) in [7, 11) is 0. The Morgan fingerprint density at radius 2 is 2.10 bits per heavy atom. The molecule has 1 aliphatic heterocycles. The highest BCUT2D eigenvalue weighted by Gasteiger charge is 2.26. The molecule has 4 nitrogen and oxygen atoms in total. The molecule has 1 aromatic heterocycles. The van der Waals surface area contributed by atoms with Crippen molar-refractivity contribution in [2.75, 3.05) is 17.6 Å². The van der Waals surface area contributed by atoms with Crippen LogP contribution in [0.15, 0.2) is 30.3 Å². The number of anilines is 2. The zero-order chi connectivity index (χ0) is 14.3. The second kappa shape index (κ2) is 4.54. The van der Waals surface area contributed by atoms with Gasteiger partial charge in [-0.2, -0.15) is 5.10 Å². The number of benzene rings is 1. The van der Waals surface area contributed by atoms with Crippen molar-refractivity contribution in [3.8, 4) is 0 Å². The first kappa shape index (κ1) is 13.0. The van der Waals surface area contributed by atoms with E-state index in [0.29, 0.717) is 0 Å². The SMILES string of the molecule is CC(C)(C)c1cc2n(n1)C(c1cccc(N)c1)CCN2. The van der Waals surface area contributed by atoms with Crippen molar-refractivity contribution >= 4 is 11.5 Å². The molecule has 3 N–H and O–H groups in total. The van der Waals surface area contributed by atoms with Crippen LogP contribution in [0, 0.1) is 0 Å². The fourth-order valence-electron chi connectivity index (χ4n) is 2.66. The lowest BCUT2D eigenvalue weighted by atomic mass is 9.92. The number of nitrogen functional groups attached to an aromatic ring is 1. The van der Waals surface area contributed by atoms with Gasteiger partial charge in [0.25, 0.3) is 0 Å². The third-order valence-electron chi connectivity index (χ3n) is 3.82. The Balaban J connectivity index is 2.04. The highest BCUT2D eigenvalue weighted by Crippen LogP contribution is 2.33. The van der Waals surface area contributed by atoms with Crippen LogP contribution in [-0.4, -0.2) is 16.3 Å². The topological polar surface area (TPSA) is 55.9 Å². The van der Waals surface area contributed by atoms with Gasteiger partial charge in [0.2, 0.25) is 0 Å². The van der Waals surface area contributed by atoms with Crippen LogP contribution >= 0.6 is 0 Å². The molecule has 1 unspecified atom stereocenters. The molecule has 0 bridgehead atoms. The van der Waals surface area contributed by atoms with Crippen molar-refractivity contribution in [2.45, 2.75) is 38.6 Å². The molecule has 106 valence electrons. The number of nitrogens with one attached hydrogen (secondary N) is 1. The Bertz CT molecular complexity index is 622. The smallest absolute Gasteiger partial charge is 0.125 e. The minimum absolute atomic E-state index is 0.0618. The van der Waals surface area contributed by atoms with Crippen molar-refractivity contribution in [2.24, 2.45) is 0 Å². The normalized spacial score (nSPS) is 18.4. The Labute approximate surface area is 120 Å². The molecule has 3 rings (SSSR count). The monoisotopic (exact) mass is 270 g/mol. The molecule has 0 saturated carbocycles.